The molecular formula is C19H17F3N2O5. The summed E-state index contributed by atoms with van der Waals surface area (Å²) in [7, 11) is 1.23. The van der Waals surface area contributed by atoms with E-state index in [0.717, 1.165) is 6.07 Å². The number of rotatable bonds is 4. The maximum absolute atomic E-state index is 13.8. The van der Waals surface area contributed by atoms with Gasteiger partial charge in [0.15, 0.2) is 17.3 Å². The number of ketones is 1. The van der Waals surface area contributed by atoms with Gasteiger partial charge < -0.3 is 25.6 Å². The summed E-state index contributed by atoms with van der Waals surface area (Å²) >= 11 is 0. The minimum Gasteiger partial charge on any atom is -0.504 e. The molecule has 0 saturated carbocycles. The Balaban J connectivity index is 2.18. The molecule has 0 unspecified atom stereocenters. The molecule has 29 heavy (non-hydrogen) atoms. The summed E-state index contributed by atoms with van der Waals surface area (Å²) in [5.41, 5.74) is -3.86. The zero-order chi connectivity index (χ0) is 21.4. The molecule has 0 bridgehead atoms. The summed E-state index contributed by atoms with van der Waals surface area (Å²) in [5.74, 6) is -3.54. The molecule has 1 aliphatic rings. The number of carbonyl (C=O) groups is 2. The molecule has 1 saturated heterocycles. The monoisotopic (exact) mass is 410 g/mol. The zero-order valence-electron chi connectivity index (χ0n) is 15.0. The van der Waals surface area contributed by atoms with Crippen LogP contribution in [0.15, 0.2) is 48.5 Å². The molecule has 2 amide bonds. The highest BCUT2D eigenvalue weighted by atomic mass is 19.4. The number of hydrogen-bond acceptors (Lipinski definition) is 5. The lowest BCUT2D eigenvalue weighted by Gasteiger charge is -2.45. The Hall–Kier alpha value is -3.27. The first-order valence-electron chi connectivity index (χ1n) is 8.42. The van der Waals surface area contributed by atoms with E-state index >= 15 is 0 Å². The molecule has 2 aromatic rings. The highest BCUT2D eigenvalue weighted by molar-refractivity contribution is 6.00. The van der Waals surface area contributed by atoms with Crippen molar-refractivity contribution in [2.75, 3.05) is 7.11 Å². The van der Waals surface area contributed by atoms with Crippen molar-refractivity contribution in [3.63, 3.8) is 0 Å². The number of carbonyl (C=O) groups excluding carboxylic acids is 2. The number of amides is 2. The van der Waals surface area contributed by atoms with E-state index in [2.05, 4.69) is 5.32 Å². The Bertz CT molecular complexity index is 935. The first-order chi connectivity index (χ1) is 13.6. The number of aliphatic hydroxyl groups is 1. The van der Waals surface area contributed by atoms with Gasteiger partial charge >= 0.3 is 12.2 Å². The van der Waals surface area contributed by atoms with Crippen LogP contribution in [-0.2, 0) is 0 Å². The van der Waals surface area contributed by atoms with Crippen molar-refractivity contribution in [1.82, 2.24) is 10.6 Å². The average molecular weight is 410 g/mol. The van der Waals surface area contributed by atoms with Crippen LogP contribution in [0.4, 0.5) is 18.0 Å². The van der Waals surface area contributed by atoms with Gasteiger partial charge in [0.2, 0.25) is 5.72 Å². The molecule has 1 heterocycles. The number of hydrogen-bond donors (Lipinski definition) is 4. The lowest BCUT2D eigenvalue weighted by Crippen LogP contribution is -2.72. The maximum atomic E-state index is 13.8. The number of aromatic hydroxyl groups is 1. The Morgan fingerprint density at radius 2 is 1.83 bits per heavy atom. The SMILES string of the molecule is COc1cc([C@H]2NC(=O)N[C@@](O)(C(F)(F)F)[C@@H]2C(=O)c2ccccc2)ccc1O. The fraction of sp³-hybridized carbons (Fsp3) is 0.263. The first kappa shape index (κ1) is 20.5. The van der Waals surface area contributed by atoms with Gasteiger partial charge in [0.05, 0.1) is 13.2 Å². The van der Waals surface area contributed by atoms with Gasteiger partial charge in [-0.2, -0.15) is 13.2 Å². The van der Waals surface area contributed by atoms with Gasteiger partial charge in [-0.05, 0) is 17.7 Å². The topological polar surface area (TPSA) is 108 Å². The second-order valence-corrected chi connectivity index (χ2v) is 6.48. The third kappa shape index (κ3) is 3.58. The molecular weight excluding hydrogens is 393 g/mol. The van der Waals surface area contributed by atoms with E-state index in [1.807, 2.05) is 0 Å². The fourth-order valence-electron chi connectivity index (χ4n) is 3.29. The van der Waals surface area contributed by atoms with Crippen molar-refractivity contribution in [3.8, 4) is 11.5 Å². The van der Waals surface area contributed by atoms with Crippen molar-refractivity contribution in [3.05, 3.63) is 59.7 Å². The maximum Gasteiger partial charge on any atom is 0.437 e. The minimum atomic E-state index is -5.35. The number of methoxy groups -OCH3 is 1. The summed E-state index contributed by atoms with van der Waals surface area (Å²) in [6.45, 7) is 0. The number of alkyl halides is 3. The highest BCUT2D eigenvalue weighted by Gasteiger charge is 2.66. The number of phenols is 1. The number of phenolic OH excluding ortho intramolecular Hbond substituents is 1. The molecule has 154 valence electrons. The molecule has 0 spiro atoms. The molecule has 2 aromatic carbocycles. The number of ether oxygens (including phenoxy) is 1. The predicted molar refractivity (Wildman–Crippen MR) is 94.3 cm³/mol. The van der Waals surface area contributed by atoms with Gasteiger partial charge in [-0.1, -0.05) is 36.4 Å². The van der Waals surface area contributed by atoms with Crippen molar-refractivity contribution in [1.29, 1.82) is 0 Å². The van der Waals surface area contributed by atoms with Gasteiger partial charge in [0, 0.05) is 5.56 Å². The quantitative estimate of drug-likeness (QED) is 0.580. The molecule has 7 nitrogen and oxygen atoms in total. The van der Waals surface area contributed by atoms with Crippen molar-refractivity contribution < 1.29 is 37.7 Å². The van der Waals surface area contributed by atoms with Gasteiger partial charge in [0.1, 0.15) is 5.92 Å². The summed E-state index contributed by atoms with van der Waals surface area (Å²) < 4.78 is 46.4. The minimum absolute atomic E-state index is 0.0338. The van der Waals surface area contributed by atoms with Crippen molar-refractivity contribution >= 4 is 11.8 Å². The largest absolute Gasteiger partial charge is 0.504 e. The van der Waals surface area contributed by atoms with E-state index < -0.39 is 35.7 Å². The van der Waals surface area contributed by atoms with Crippen LogP contribution in [0.3, 0.4) is 0 Å². The average Bonchev–Trinajstić information content (AvgIpc) is 2.67. The molecule has 0 aliphatic carbocycles. The van der Waals surface area contributed by atoms with Crippen LogP contribution in [0.2, 0.25) is 0 Å². The third-order valence-corrected chi connectivity index (χ3v) is 4.71. The molecule has 0 radical (unpaired) electrons. The summed E-state index contributed by atoms with van der Waals surface area (Å²) in [5, 5.41) is 23.9. The standard InChI is InChI=1S/C19H17F3N2O5/c1-29-13-9-11(7-8-12(13)25)15-14(16(26)10-5-3-2-4-6-10)18(28,19(20,21)22)24-17(27)23-15/h2-9,14-15,25,28H,1H3,(H2,23,24,27)/t14-,15+,18-/m0/s1. The smallest absolute Gasteiger partial charge is 0.437 e. The van der Waals surface area contributed by atoms with E-state index in [1.165, 1.54) is 48.8 Å². The van der Waals surface area contributed by atoms with Gasteiger partial charge in [-0.25, -0.2) is 4.79 Å². The lowest BCUT2D eigenvalue weighted by atomic mass is 9.77. The molecule has 1 fully saturated rings. The molecule has 10 heteroatoms. The van der Waals surface area contributed by atoms with E-state index in [0.29, 0.717) is 0 Å². The fourth-order valence-corrected chi connectivity index (χ4v) is 3.29. The highest BCUT2D eigenvalue weighted by Crippen LogP contribution is 2.44. The molecule has 3 rings (SSSR count). The van der Waals surface area contributed by atoms with Crippen LogP contribution in [0.1, 0.15) is 22.0 Å². The molecule has 1 aliphatic heterocycles. The summed E-state index contributed by atoms with van der Waals surface area (Å²) in [6, 6.07) is 7.84. The van der Waals surface area contributed by atoms with Crippen molar-refractivity contribution in [2.45, 2.75) is 17.9 Å². The molecule has 3 atom stereocenters. The van der Waals surface area contributed by atoms with Gasteiger partial charge in [0.25, 0.3) is 0 Å². The number of benzene rings is 2. The lowest BCUT2D eigenvalue weighted by molar-refractivity contribution is -0.287. The van der Waals surface area contributed by atoms with Crippen LogP contribution < -0.4 is 15.4 Å². The zero-order valence-corrected chi connectivity index (χ0v) is 15.0. The van der Waals surface area contributed by atoms with Gasteiger partial charge in [-0.15, -0.1) is 0 Å². The predicted octanol–water partition coefficient (Wildman–Crippen LogP) is 2.50. The van der Waals surface area contributed by atoms with Crippen molar-refractivity contribution in [2.24, 2.45) is 5.92 Å². The van der Waals surface area contributed by atoms with Gasteiger partial charge in [-0.3, -0.25) is 4.79 Å². The van der Waals surface area contributed by atoms with Crippen LogP contribution in [0.5, 0.6) is 11.5 Å². The molecule has 4 N–H and O–H groups in total. The summed E-state index contributed by atoms with van der Waals surface area (Å²) in [6.07, 6.45) is -5.35. The van der Waals surface area contributed by atoms with E-state index in [-0.39, 0.29) is 22.6 Å². The Morgan fingerprint density at radius 1 is 1.17 bits per heavy atom. The second-order valence-electron chi connectivity index (χ2n) is 6.48. The molecule has 0 aromatic heterocycles. The second kappa shape index (κ2) is 7.28. The van der Waals surface area contributed by atoms with Crippen LogP contribution in [0, 0.1) is 5.92 Å². The third-order valence-electron chi connectivity index (χ3n) is 4.71. The Kier molecular flexibility index (Phi) is 5.14. The van der Waals surface area contributed by atoms with Crippen LogP contribution in [-0.4, -0.2) is 41.0 Å². The number of nitrogens with one attached hydrogen (secondary N) is 2. The van der Waals surface area contributed by atoms with Crippen LogP contribution in [0.25, 0.3) is 0 Å². The van der Waals surface area contributed by atoms with E-state index in [9.17, 15) is 33.0 Å². The summed E-state index contributed by atoms with van der Waals surface area (Å²) in [4.78, 5) is 25.0. The number of Topliss-reactive ketones (excluding diaryl/α,β-unsaturated/α-hetero) is 1. The Labute approximate surface area is 163 Å². The normalized spacial score (nSPS) is 24.4. The van der Waals surface area contributed by atoms with E-state index in [4.69, 9.17) is 4.74 Å². The number of halogens is 3. The van der Waals surface area contributed by atoms with Crippen LogP contribution >= 0.6 is 0 Å². The Morgan fingerprint density at radius 3 is 2.41 bits per heavy atom. The number of urea groups is 1. The van der Waals surface area contributed by atoms with E-state index in [1.54, 1.807) is 6.07 Å². The first-order valence-corrected chi connectivity index (χ1v) is 8.42.